The van der Waals surface area contributed by atoms with E-state index in [0.717, 1.165) is 44.8 Å². The monoisotopic (exact) mass is 396 g/mol. The van der Waals surface area contributed by atoms with Crippen molar-refractivity contribution < 1.29 is 19.4 Å². The summed E-state index contributed by atoms with van der Waals surface area (Å²) in [4.78, 5) is 27.1. The highest BCUT2D eigenvalue weighted by Gasteiger charge is 2.23. The van der Waals surface area contributed by atoms with Gasteiger partial charge >= 0.3 is 11.8 Å². The van der Waals surface area contributed by atoms with Crippen LogP contribution in [0, 0.1) is 13.8 Å². The molecule has 0 atom stereocenters. The smallest absolute Gasteiger partial charge is 0.313 e. The van der Waals surface area contributed by atoms with Crippen LogP contribution in [0.25, 0.3) is 0 Å². The second-order valence-corrected chi connectivity index (χ2v) is 7.99. The molecule has 2 amide bonds. The molecule has 1 fully saturated rings. The molecule has 0 unspecified atom stereocenters. The maximum absolute atomic E-state index is 12.0. The number of quaternary nitrogens is 2. The summed E-state index contributed by atoms with van der Waals surface area (Å²) in [6.07, 6.45) is 0. The fourth-order valence-corrected chi connectivity index (χ4v) is 3.64. The van der Waals surface area contributed by atoms with Gasteiger partial charge in [0.2, 0.25) is 0 Å². The number of piperazine rings is 1. The molecule has 6 nitrogen and oxygen atoms in total. The van der Waals surface area contributed by atoms with Crippen LogP contribution in [0.2, 0.25) is 0 Å². The maximum atomic E-state index is 12.0. The molecule has 0 aromatic heterocycles. The first kappa shape index (κ1) is 21.0. The van der Waals surface area contributed by atoms with Gasteiger partial charge in [-0.2, -0.15) is 0 Å². The van der Waals surface area contributed by atoms with Gasteiger partial charge in [0.1, 0.15) is 32.7 Å². The SMILES string of the molecule is Cc1ccc(C[NH+]2CC[NH+](CCNC(=O)C(=O)Nc3ccc(C)cc3)CC2)cc1. The molecule has 1 aliphatic heterocycles. The number of hydrogen-bond acceptors (Lipinski definition) is 2. The summed E-state index contributed by atoms with van der Waals surface area (Å²) in [5.41, 5.74) is 4.43. The molecular formula is C23H32N4O2+2. The summed E-state index contributed by atoms with van der Waals surface area (Å²) < 4.78 is 0. The molecule has 2 aromatic rings. The number of benzene rings is 2. The van der Waals surface area contributed by atoms with E-state index >= 15 is 0 Å². The number of nitrogens with one attached hydrogen (secondary N) is 4. The second-order valence-electron chi connectivity index (χ2n) is 7.99. The highest BCUT2D eigenvalue weighted by atomic mass is 16.2. The molecular weight excluding hydrogens is 364 g/mol. The van der Waals surface area contributed by atoms with E-state index in [2.05, 4.69) is 41.8 Å². The minimum absolute atomic E-state index is 0.517. The van der Waals surface area contributed by atoms with Gasteiger partial charge in [0, 0.05) is 11.3 Å². The molecule has 0 saturated carbocycles. The van der Waals surface area contributed by atoms with E-state index in [9.17, 15) is 9.59 Å². The van der Waals surface area contributed by atoms with E-state index in [1.807, 2.05) is 19.1 Å². The Labute approximate surface area is 172 Å². The van der Waals surface area contributed by atoms with E-state index in [1.54, 1.807) is 17.0 Å². The molecule has 1 heterocycles. The van der Waals surface area contributed by atoms with Crippen molar-refractivity contribution in [3.63, 3.8) is 0 Å². The van der Waals surface area contributed by atoms with Crippen LogP contribution in [0.4, 0.5) is 5.69 Å². The number of anilines is 1. The largest absolute Gasteiger partial charge is 0.342 e. The summed E-state index contributed by atoms with van der Waals surface area (Å²) in [5.74, 6) is -1.19. The molecule has 1 aliphatic rings. The Bertz CT molecular complexity index is 810. The summed E-state index contributed by atoms with van der Waals surface area (Å²) in [5, 5.41) is 5.37. The normalized spacial score (nSPS) is 18.8. The molecule has 0 bridgehead atoms. The van der Waals surface area contributed by atoms with Gasteiger partial charge in [0.05, 0.1) is 13.1 Å². The standard InChI is InChI=1S/C23H30N4O2/c1-18-3-7-20(8-4-18)17-27-15-13-26(14-16-27)12-11-24-22(28)23(29)25-21-9-5-19(2)6-10-21/h3-10H,11-17H2,1-2H3,(H,24,28)(H,25,29)/p+2. The van der Waals surface area contributed by atoms with E-state index in [1.165, 1.54) is 16.0 Å². The van der Waals surface area contributed by atoms with E-state index in [-0.39, 0.29) is 0 Å². The van der Waals surface area contributed by atoms with Crippen molar-refractivity contribution in [2.75, 3.05) is 44.6 Å². The first-order valence-electron chi connectivity index (χ1n) is 10.4. The average molecular weight is 397 g/mol. The Balaban J connectivity index is 1.32. The first-order valence-corrected chi connectivity index (χ1v) is 10.4. The minimum atomic E-state index is -0.615. The number of amides is 2. The second kappa shape index (κ2) is 10.2. The molecule has 0 radical (unpaired) electrons. The molecule has 29 heavy (non-hydrogen) atoms. The van der Waals surface area contributed by atoms with Crippen LogP contribution in [0.5, 0.6) is 0 Å². The third-order valence-electron chi connectivity index (χ3n) is 5.52. The van der Waals surface area contributed by atoms with Gasteiger partial charge in [0.15, 0.2) is 0 Å². The van der Waals surface area contributed by atoms with Crippen LogP contribution >= 0.6 is 0 Å². The lowest BCUT2D eigenvalue weighted by atomic mass is 10.1. The number of hydrogen-bond donors (Lipinski definition) is 4. The van der Waals surface area contributed by atoms with Crippen molar-refractivity contribution in [2.45, 2.75) is 20.4 Å². The van der Waals surface area contributed by atoms with Crippen LogP contribution < -0.4 is 20.4 Å². The van der Waals surface area contributed by atoms with Crippen molar-refractivity contribution in [1.82, 2.24) is 5.32 Å². The lowest BCUT2D eigenvalue weighted by molar-refractivity contribution is -1.02. The zero-order valence-electron chi connectivity index (χ0n) is 17.4. The summed E-state index contributed by atoms with van der Waals surface area (Å²) in [6.45, 7) is 11.0. The number of rotatable bonds is 6. The molecule has 4 N–H and O–H groups in total. The molecule has 0 aliphatic carbocycles. The summed E-state index contributed by atoms with van der Waals surface area (Å²) >= 11 is 0. The summed E-state index contributed by atoms with van der Waals surface area (Å²) in [6, 6.07) is 16.2. The van der Waals surface area contributed by atoms with Gasteiger partial charge in [-0.15, -0.1) is 0 Å². The Kier molecular flexibility index (Phi) is 7.38. The average Bonchev–Trinajstić information content (AvgIpc) is 2.72. The third kappa shape index (κ3) is 6.69. The van der Waals surface area contributed by atoms with Gasteiger partial charge in [-0.3, -0.25) is 9.59 Å². The van der Waals surface area contributed by atoms with Gasteiger partial charge in [0.25, 0.3) is 0 Å². The van der Waals surface area contributed by atoms with Gasteiger partial charge in [-0.25, -0.2) is 0 Å². The van der Waals surface area contributed by atoms with E-state index in [4.69, 9.17) is 0 Å². The number of carbonyl (C=O) groups excluding carboxylic acids is 2. The zero-order valence-corrected chi connectivity index (χ0v) is 17.4. The maximum Gasteiger partial charge on any atom is 0.313 e. The van der Waals surface area contributed by atoms with Gasteiger partial charge in [-0.05, 0) is 26.0 Å². The predicted molar refractivity (Wildman–Crippen MR) is 114 cm³/mol. The van der Waals surface area contributed by atoms with Crippen molar-refractivity contribution in [3.05, 3.63) is 65.2 Å². The fraction of sp³-hybridized carbons (Fsp3) is 0.391. The molecule has 0 spiro atoms. The molecule has 3 rings (SSSR count). The van der Waals surface area contributed by atoms with Crippen LogP contribution in [0.1, 0.15) is 16.7 Å². The van der Waals surface area contributed by atoms with Gasteiger partial charge < -0.3 is 20.4 Å². The van der Waals surface area contributed by atoms with Crippen LogP contribution in [-0.2, 0) is 16.1 Å². The Morgan fingerprint density at radius 1 is 0.793 bits per heavy atom. The van der Waals surface area contributed by atoms with Crippen LogP contribution in [0.15, 0.2) is 48.5 Å². The Hall–Kier alpha value is -2.70. The van der Waals surface area contributed by atoms with Crippen LogP contribution in [0.3, 0.4) is 0 Å². The molecule has 1 saturated heterocycles. The zero-order chi connectivity index (χ0) is 20.6. The van der Waals surface area contributed by atoms with Crippen LogP contribution in [-0.4, -0.2) is 51.1 Å². The predicted octanol–water partition coefficient (Wildman–Crippen LogP) is -0.658. The van der Waals surface area contributed by atoms with Crippen molar-refractivity contribution in [2.24, 2.45) is 0 Å². The number of aryl methyl sites for hydroxylation is 2. The fourth-order valence-electron chi connectivity index (χ4n) is 3.64. The first-order chi connectivity index (χ1) is 14.0. The highest BCUT2D eigenvalue weighted by Crippen LogP contribution is 2.08. The topological polar surface area (TPSA) is 67.1 Å². The van der Waals surface area contributed by atoms with Crippen molar-refractivity contribution in [3.8, 4) is 0 Å². The molecule has 2 aromatic carbocycles. The third-order valence-corrected chi connectivity index (χ3v) is 5.52. The Morgan fingerprint density at radius 3 is 1.97 bits per heavy atom. The van der Waals surface area contributed by atoms with Crippen molar-refractivity contribution >= 4 is 17.5 Å². The van der Waals surface area contributed by atoms with Crippen molar-refractivity contribution in [1.29, 1.82) is 0 Å². The molecule has 154 valence electrons. The lowest BCUT2D eigenvalue weighted by Gasteiger charge is -2.29. The Morgan fingerprint density at radius 2 is 1.34 bits per heavy atom. The quantitative estimate of drug-likeness (QED) is 0.490. The van der Waals surface area contributed by atoms with E-state index in [0.29, 0.717) is 12.2 Å². The number of carbonyl (C=O) groups is 2. The molecule has 6 heteroatoms. The minimum Gasteiger partial charge on any atom is -0.342 e. The van der Waals surface area contributed by atoms with Gasteiger partial charge in [-0.1, -0.05) is 47.5 Å². The lowest BCUT2D eigenvalue weighted by Crippen LogP contribution is -3.27. The summed E-state index contributed by atoms with van der Waals surface area (Å²) in [7, 11) is 0. The highest BCUT2D eigenvalue weighted by molar-refractivity contribution is 6.39. The van der Waals surface area contributed by atoms with E-state index < -0.39 is 11.8 Å².